The smallest absolute Gasteiger partial charge is 0.336 e. The molecule has 0 unspecified atom stereocenters. The molecule has 0 spiro atoms. The van der Waals surface area contributed by atoms with Crippen LogP contribution >= 0.6 is 11.3 Å². The van der Waals surface area contributed by atoms with E-state index in [4.69, 9.17) is 10.2 Å². The highest BCUT2D eigenvalue weighted by Gasteiger charge is 2.06. The number of carboxylic acid groups (broad SMARTS) is 2. The highest BCUT2D eigenvalue weighted by molar-refractivity contribution is 7.10. The average molecular weight is 215 g/mol. The molecule has 1 aromatic rings. The highest BCUT2D eigenvalue weighted by atomic mass is 32.1. The summed E-state index contributed by atoms with van der Waals surface area (Å²) in [5, 5.41) is 21.1. The topological polar surface area (TPSA) is 86.6 Å². The molecule has 0 amide bonds. The molecular weight excluding hydrogens is 206 g/mol. The lowest BCUT2D eigenvalue weighted by Crippen LogP contribution is -2.21. The van der Waals surface area contributed by atoms with Gasteiger partial charge in [-0.2, -0.15) is 0 Å². The Kier molecular flexibility index (Phi) is 3.61. The van der Waals surface area contributed by atoms with Gasteiger partial charge in [-0.25, -0.2) is 4.79 Å². The molecule has 1 heterocycles. The minimum absolute atomic E-state index is 0.125. The second kappa shape index (κ2) is 4.73. The van der Waals surface area contributed by atoms with E-state index in [1.165, 1.54) is 22.8 Å². The van der Waals surface area contributed by atoms with Crippen LogP contribution in [0.5, 0.6) is 0 Å². The first kappa shape index (κ1) is 10.7. The van der Waals surface area contributed by atoms with Crippen molar-refractivity contribution in [2.24, 2.45) is 0 Å². The second-order valence-electron chi connectivity index (χ2n) is 2.60. The minimum Gasteiger partial charge on any atom is -0.480 e. The summed E-state index contributed by atoms with van der Waals surface area (Å²) in [5.74, 6) is -1.90. The molecule has 3 N–H and O–H groups in total. The first-order valence-corrected chi connectivity index (χ1v) is 4.71. The fourth-order valence-corrected chi connectivity index (χ4v) is 1.71. The van der Waals surface area contributed by atoms with E-state index in [1.807, 2.05) is 0 Å². The summed E-state index contributed by atoms with van der Waals surface area (Å²) in [6.07, 6.45) is 0. The maximum atomic E-state index is 10.5. The number of nitrogens with one attached hydrogen (secondary N) is 1. The summed E-state index contributed by atoms with van der Waals surface area (Å²) in [6, 6.07) is 1.53. The largest absolute Gasteiger partial charge is 0.480 e. The van der Waals surface area contributed by atoms with Crippen LogP contribution in [0.25, 0.3) is 0 Å². The van der Waals surface area contributed by atoms with E-state index in [2.05, 4.69) is 5.32 Å². The number of carboxylic acids is 2. The minimum atomic E-state index is -0.967. The molecule has 0 saturated carbocycles. The standard InChI is InChI=1S/C8H9NO4S/c10-7(11)3-9-2-6-1-5(4-14-6)8(12)13/h1,4,9H,2-3H2,(H,10,11)(H,12,13). The van der Waals surface area contributed by atoms with Gasteiger partial charge in [-0.1, -0.05) is 0 Å². The van der Waals surface area contributed by atoms with Crippen LogP contribution in [0.2, 0.25) is 0 Å². The van der Waals surface area contributed by atoms with Gasteiger partial charge in [-0.15, -0.1) is 11.3 Å². The van der Waals surface area contributed by atoms with Gasteiger partial charge in [0.2, 0.25) is 0 Å². The third kappa shape index (κ3) is 3.15. The Labute approximate surface area is 84.0 Å². The predicted molar refractivity (Wildman–Crippen MR) is 50.6 cm³/mol. The van der Waals surface area contributed by atoms with Gasteiger partial charge in [-0.3, -0.25) is 4.79 Å². The van der Waals surface area contributed by atoms with E-state index in [-0.39, 0.29) is 12.1 Å². The van der Waals surface area contributed by atoms with Crippen LogP contribution in [0.3, 0.4) is 0 Å². The summed E-state index contributed by atoms with van der Waals surface area (Å²) in [4.78, 5) is 21.4. The number of thiophene rings is 1. The van der Waals surface area contributed by atoms with E-state index < -0.39 is 11.9 Å². The van der Waals surface area contributed by atoms with Gasteiger partial charge in [0.05, 0.1) is 12.1 Å². The molecule has 14 heavy (non-hydrogen) atoms. The first-order chi connectivity index (χ1) is 6.59. The van der Waals surface area contributed by atoms with Crippen molar-refractivity contribution >= 4 is 23.3 Å². The van der Waals surface area contributed by atoms with E-state index in [0.717, 1.165) is 4.88 Å². The monoisotopic (exact) mass is 215 g/mol. The Morgan fingerprint density at radius 3 is 2.64 bits per heavy atom. The molecule has 0 atom stereocenters. The van der Waals surface area contributed by atoms with Crippen LogP contribution in [0.1, 0.15) is 15.2 Å². The quantitative estimate of drug-likeness (QED) is 0.670. The third-order valence-corrected chi connectivity index (χ3v) is 2.41. The van der Waals surface area contributed by atoms with Crippen molar-refractivity contribution in [1.82, 2.24) is 5.32 Å². The summed E-state index contributed by atoms with van der Waals surface area (Å²) >= 11 is 1.29. The van der Waals surface area contributed by atoms with Crippen LogP contribution in [0.4, 0.5) is 0 Å². The Morgan fingerprint density at radius 2 is 2.14 bits per heavy atom. The third-order valence-electron chi connectivity index (χ3n) is 1.48. The van der Waals surface area contributed by atoms with Crippen molar-refractivity contribution in [3.05, 3.63) is 21.9 Å². The van der Waals surface area contributed by atoms with Gasteiger partial charge < -0.3 is 15.5 Å². The lowest BCUT2D eigenvalue weighted by Gasteiger charge is -1.96. The number of aliphatic carboxylic acids is 1. The number of hydrogen-bond donors (Lipinski definition) is 3. The van der Waals surface area contributed by atoms with Crippen molar-refractivity contribution in [3.8, 4) is 0 Å². The predicted octanol–water partition coefficient (Wildman–Crippen LogP) is 0.620. The lowest BCUT2D eigenvalue weighted by molar-refractivity contribution is -0.135. The van der Waals surface area contributed by atoms with Crippen LogP contribution in [0.15, 0.2) is 11.4 Å². The van der Waals surface area contributed by atoms with Crippen molar-refractivity contribution in [2.45, 2.75) is 6.54 Å². The maximum absolute atomic E-state index is 10.5. The molecule has 0 bridgehead atoms. The van der Waals surface area contributed by atoms with Gasteiger partial charge in [0.15, 0.2) is 0 Å². The molecule has 6 heteroatoms. The summed E-state index contributed by atoms with van der Waals surface area (Å²) in [7, 11) is 0. The van der Waals surface area contributed by atoms with Gasteiger partial charge in [0.25, 0.3) is 0 Å². The van der Waals surface area contributed by atoms with Crippen molar-refractivity contribution < 1.29 is 19.8 Å². The average Bonchev–Trinajstić information content (AvgIpc) is 2.52. The van der Waals surface area contributed by atoms with E-state index >= 15 is 0 Å². The molecule has 5 nitrogen and oxygen atoms in total. The number of hydrogen-bond acceptors (Lipinski definition) is 4. The van der Waals surface area contributed by atoms with Crippen LogP contribution in [0, 0.1) is 0 Å². The summed E-state index contributed by atoms with van der Waals surface area (Å²) in [6.45, 7) is 0.255. The van der Waals surface area contributed by atoms with Gasteiger partial charge in [-0.05, 0) is 6.07 Å². The Morgan fingerprint density at radius 1 is 1.43 bits per heavy atom. The first-order valence-electron chi connectivity index (χ1n) is 3.83. The maximum Gasteiger partial charge on any atom is 0.336 e. The van der Waals surface area contributed by atoms with Crippen LogP contribution in [-0.4, -0.2) is 28.7 Å². The normalized spacial score (nSPS) is 10.0. The molecule has 0 aliphatic heterocycles. The molecule has 0 aliphatic carbocycles. The van der Waals surface area contributed by atoms with Crippen molar-refractivity contribution in [3.63, 3.8) is 0 Å². The van der Waals surface area contributed by atoms with Crippen LogP contribution in [-0.2, 0) is 11.3 Å². The molecule has 1 rings (SSSR count). The fraction of sp³-hybridized carbons (Fsp3) is 0.250. The van der Waals surface area contributed by atoms with Gasteiger partial charge in [0, 0.05) is 16.8 Å². The highest BCUT2D eigenvalue weighted by Crippen LogP contribution is 2.14. The SMILES string of the molecule is O=C(O)CNCc1cc(C(=O)O)cs1. The molecule has 0 saturated heterocycles. The Hall–Kier alpha value is -1.40. The van der Waals surface area contributed by atoms with Crippen LogP contribution < -0.4 is 5.32 Å². The Bertz CT molecular complexity index is 347. The van der Waals surface area contributed by atoms with Crippen molar-refractivity contribution in [2.75, 3.05) is 6.54 Å². The molecule has 76 valence electrons. The molecule has 1 aromatic heterocycles. The number of aromatic carboxylic acids is 1. The van der Waals surface area contributed by atoms with Gasteiger partial charge >= 0.3 is 11.9 Å². The molecule has 0 aromatic carbocycles. The molecular formula is C8H9NO4S. The zero-order chi connectivity index (χ0) is 10.6. The van der Waals surface area contributed by atoms with E-state index in [9.17, 15) is 9.59 Å². The lowest BCUT2D eigenvalue weighted by atomic mass is 10.3. The number of carbonyl (C=O) groups is 2. The molecule has 0 aliphatic rings. The molecule has 0 radical (unpaired) electrons. The zero-order valence-corrected chi connectivity index (χ0v) is 8.00. The second-order valence-corrected chi connectivity index (χ2v) is 3.60. The Balaban J connectivity index is 2.44. The van der Waals surface area contributed by atoms with Gasteiger partial charge in [0.1, 0.15) is 0 Å². The molecule has 0 fully saturated rings. The summed E-state index contributed by atoms with van der Waals surface area (Å²) in [5.41, 5.74) is 0.238. The fourth-order valence-electron chi connectivity index (χ4n) is 0.878. The summed E-state index contributed by atoms with van der Waals surface area (Å²) < 4.78 is 0. The van der Waals surface area contributed by atoms with E-state index in [1.54, 1.807) is 0 Å². The van der Waals surface area contributed by atoms with Crippen molar-refractivity contribution in [1.29, 1.82) is 0 Å². The zero-order valence-electron chi connectivity index (χ0n) is 7.19. The van der Waals surface area contributed by atoms with E-state index in [0.29, 0.717) is 6.54 Å². The number of rotatable bonds is 5.